The smallest absolute Gasteiger partial charge is 0.167 e. The molecular weight excluding hydrogens is 359 g/mol. The van der Waals surface area contributed by atoms with E-state index in [2.05, 4.69) is 28.7 Å². The van der Waals surface area contributed by atoms with Crippen molar-refractivity contribution in [1.82, 2.24) is 0 Å². The third-order valence-corrected chi connectivity index (χ3v) is 4.43. The Labute approximate surface area is 131 Å². The summed E-state index contributed by atoms with van der Waals surface area (Å²) >= 11 is 2.28. The Morgan fingerprint density at radius 1 is 0.850 bits per heavy atom. The predicted molar refractivity (Wildman–Crippen MR) is 91.1 cm³/mol. The first kappa shape index (κ1) is 13.3. The van der Waals surface area contributed by atoms with Crippen molar-refractivity contribution in [3.05, 3.63) is 81.4 Å². The summed E-state index contributed by atoms with van der Waals surface area (Å²) in [6.45, 7) is 0. The molecule has 98 valence electrons. The first-order valence-electron chi connectivity index (χ1n) is 6.49. The molecule has 0 saturated heterocycles. The van der Waals surface area contributed by atoms with Gasteiger partial charge < -0.3 is 0 Å². The molecule has 0 fully saturated rings. The molecule has 0 N–H and O–H groups in total. The van der Waals surface area contributed by atoms with E-state index in [1.165, 1.54) is 5.39 Å². The Morgan fingerprint density at radius 2 is 1.55 bits per heavy atom. The van der Waals surface area contributed by atoms with Crippen LogP contribution in [0.15, 0.2) is 66.7 Å². The maximum absolute atomic E-state index is 12.4. The number of ketones is 1. The fourth-order valence-electron chi connectivity index (χ4n) is 2.28. The largest absolute Gasteiger partial charge is 0.294 e. The quantitative estimate of drug-likeness (QED) is 0.474. The second kappa shape index (κ2) is 5.75. The van der Waals surface area contributed by atoms with Crippen LogP contribution in [0.25, 0.3) is 10.8 Å². The van der Waals surface area contributed by atoms with Crippen molar-refractivity contribution in [2.24, 2.45) is 0 Å². The first-order chi connectivity index (χ1) is 9.74. The van der Waals surface area contributed by atoms with E-state index in [1.54, 1.807) is 0 Å². The molecule has 3 rings (SSSR count). The lowest BCUT2D eigenvalue weighted by atomic mass is 10.00. The summed E-state index contributed by atoms with van der Waals surface area (Å²) in [7, 11) is 0. The molecule has 0 aromatic heterocycles. The average Bonchev–Trinajstić information content (AvgIpc) is 2.49. The van der Waals surface area contributed by atoms with Gasteiger partial charge in [-0.25, -0.2) is 0 Å². The molecule has 0 spiro atoms. The molecule has 2 heteroatoms. The molecular formula is C18H13IO. The van der Waals surface area contributed by atoms with Crippen molar-refractivity contribution in [3.8, 4) is 0 Å². The molecule has 0 unspecified atom stereocenters. The van der Waals surface area contributed by atoms with Gasteiger partial charge in [-0.2, -0.15) is 0 Å². The van der Waals surface area contributed by atoms with Gasteiger partial charge in [0.2, 0.25) is 0 Å². The first-order valence-corrected chi connectivity index (χ1v) is 7.57. The van der Waals surface area contributed by atoms with E-state index in [4.69, 9.17) is 0 Å². The molecule has 0 heterocycles. The summed E-state index contributed by atoms with van der Waals surface area (Å²) < 4.78 is 1.14. The standard InChI is InChI=1S/C18H13IO/c19-17-8-4-3-7-15(17)12-18(20)16-10-9-13-5-1-2-6-14(13)11-16/h1-11H,12H2. The number of halogens is 1. The van der Waals surface area contributed by atoms with Crippen molar-refractivity contribution in [3.63, 3.8) is 0 Å². The SMILES string of the molecule is O=C(Cc1ccccc1I)c1ccc2ccccc2c1. The highest BCUT2D eigenvalue weighted by molar-refractivity contribution is 14.1. The molecule has 0 radical (unpaired) electrons. The van der Waals surface area contributed by atoms with E-state index in [9.17, 15) is 4.79 Å². The molecule has 3 aromatic rings. The number of hydrogen-bond donors (Lipinski definition) is 0. The summed E-state index contributed by atoms with van der Waals surface area (Å²) in [4.78, 5) is 12.4. The van der Waals surface area contributed by atoms with Crippen molar-refractivity contribution in [2.45, 2.75) is 6.42 Å². The van der Waals surface area contributed by atoms with Crippen LogP contribution in [0.1, 0.15) is 15.9 Å². The lowest BCUT2D eigenvalue weighted by Gasteiger charge is -2.05. The number of rotatable bonds is 3. The maximum atomic E-state index is 12.4. The van der Waals surface area contributed by atoms with Crippen LogP contribution >= 0.6 is 22.6 Å². The second-order valence-electron chi connectivity index (χ2n) is 4.75. The second-order valence-corrected chi connectivity index (χ2v) is 5.92. The predicted octanol–water partition coefficient (Wildman–Crippen LogP) is 4.87. The summed E-state index contributed by atoms with van der Waals surface area (Å²) in [6.07, 6.45) is 0.456. The van der Waals surface area contributed by atoms with Gasteiger partial charge in [0.1, 0.15) is 0 Å². The van der Waals surface area contributed by atoms with Gasteiger partial charge in [0.15, 0.2) is 5.78 Å². The highest BCUT2D eigenvalue weighted by Gasteiger charge is 2.09. The van der Waals surface area contributed by atoms with Crippen LogP contribution in [0.3, 0.4) is 0 Å². The molecule has 0 aliphatic rings. The molecule has 0 saturated carbocycles. The number of carbonyl (C=O) groups excluding carboxylic acids is 1. The minimum Gasteiger partial charge on any atom is -0.294 e. The van der Waals surface area contributed by atoms with Gasteiger partial charge >= 0.3 is 0 Å². The van der Waals surface area contributed by atoms with Gasteiger partial charge in [0.25, 0.3) is 0 Å². The van der Waals surface area contributed by atoms with E-state index in [-0.39, 0.29) is 5.78 Å². The van der Waals surface area contributed by atoms with Crippen LogP contribution in [0, 0.1) is 3.57 Å². The zero-order valence-corrected chi connectivity index (χ0v) is 13.0. The average molecular weight is 372 g/mol. The summed E-state index contributed by atoms with van der Waals surface area (Å²) in [6, 6.07) is 22.0. The summed E-state index contributed by atoms with van der Waals surface area (Å²) in [5, 5.41) is 2.28. The zero-order chi connectivity index (χ0) is 13.9. The molecule has 0 aliphatic carbocycles. The van der Waals surface area contributed by atoms with Crippen molar-refractivity contribution >= 4 is 39.1 Å². The van der Waals surface area contributed by atoms with E-state index >= 15 is 0 Å². The van der Waals surface area contributed by atoms with Crippen LogP contribution in [0.5, 0.6) is 0 Å². The molecule has 0 atom stereocenters. The Bertz CT molecular complexity index is 777. The van der Waals surface area contributed by atoms with Crippen LogP contribution in [-0.4, -0.2) is 5.78 Å². The number of hydrogen-bond acceptors (Lipinski definition) is 1. The highest BCUT2D eigenvalue weighted by atomic mass is 127. The van der Waals surface area contributed by atoms with Crippen molar-refractivity contribution in [1.29, 1.82) is 0 Å². The number of Topliss-reactive ketones (excluding diaryl/α,β-unsaturated/α-hetero) is 1. The van der Waals surface area contributed by atoms with E-state index in [0.717, 1.165) is 20.1 Å². The van der Waals surface area contributed by atoms with Crippen molar-refractivity contribution in [2.75, 3.05) is 0 Å². The minimum absolute atomic E-state index is 0.167. The summed E-state index contributed by atoms with van der Waals surface area (Å²) in [5.74, 6) is 0.167. The van der Waals surface area contributed by atoms with Crippen LogP contribution in [0.2, 0.25) is 0 Å². The van der Waals surface area contributed by atoms with E-state index < -0.39 is 0 Å². The number of fused-ring (bicyclic) bond motifs is 1. The topological polar surface area (TPSA) is 17.1 Å². The van der Waals surface area contributed by atoms with Crippen LogP contribution < -0.4 is 0 Å². The normalized spacial score (nSPS) is 10.7. The van der Waals surface area contributed by atoms with Gasteiger partial charge in [-0.15, -0.1) is 0 Å². The molecule has 1 nitrogen and oxygen atoms in total. The maximum Gasteiger partial charge on any atom is 0.167 e. The van der Waals surface area contributed by atoms with Crippen LogP contribution in [0.4, 0.5) is 0 Å². The van der Waals surface area contributed by atoms with E-state index in [0.29, 0.717) is 6.42 Å². The van der Waals surface area contributed by atoms with Gasteiger partial charge in [-0.3, -0.25) is 4.79 Å². The molecule has 0 aliphatic heterocycles. The fourth-order valence-corrected chi connectivity index (χ4v) is 2.86. The fraction of sp³-hybridized carbons (Fsp3) is 0.0556. The minimum atomic E-state index is 0.167. The number of benzene rings is 3. The molecule has 20 heavy (non-hydrogen) atoms. The Morgan fingerprint density at radius 3 is 2.35 bits per heavy atom. The molecule has 0 bridgehead atoms. The van der Waals surface area contributed by atoms with Gasteiger partial charge in [0, 0.05) is 15.6 Å². The third kappa shape index (κ3) is 2.75. The molecule has 0 amide bonds. The van der Waals surface area contributed by atoms with Crippen molar-refractivity contribution < 1.29 is 4.79 Å². The van der Waals surface area contributed by atoms with Gasteiger partial charge in [-0.05, 0) is 51.1 Å². The monoisotopic (exact) mass is 372 g/mol. The van der Waals surface area contributed by atoms with Crippen LogP contribution in [-0.2, 0) is 6.42 Å². The van der Waals surface area contributed by atoms with E-state index in [1.807, 2.05) is 60.7 Å². The Balaban J connectivity index is 1.91. The summed E-state index contributed by atoms with van der Waals surface area (Å²) in [5.41, 5.74) is 1.87. The lowest BCUT2D eigenvalue weighted by Crippen LogP contribution is -2.04. The Kier molecular flexibility index (Phi) is 3.83. The highest BCUT2D eigenvalue weighted by Crippen LogP contribution is 2.18. The lowest BCUT2D eigenvalue weighted by molar-refractivity contribution is 0.0993. The third-order valence-electron chi connectivity index (χ3n) is 3.38. The van der Waals surface area contributed by atoms with Gasteiger partial charge in [-0.1, -0.05) is 54.6 Å². The van der Waals surface area contributed by atoms with Gasteiger partial charge in [0.05, 0.1) is 0 Å². The molecule has 3 aromatic carbocycles. The zero-order valence-electron chi connectivity index (χ0n) is 10.8. The number of carbonyl (C=O) groups is 1. The Hall–Kier alpha value is -1.68.